The van der Waals surface area contributed by atoms with Gasteiger partial charge in [-0.3, -0.25) is 9.48 Å². The third kappa shape index (κ3) is 2.72. The van der Waals surface area contributed by atoms with Crippen LogP contribution in [0.25, 0.3) is 11.3 Å². The van der Waals surface area contributed by atoms with Crippen molar-refractivity contribution in [2.24, 2.45) is 0 Å². The van der Waals surface area contributed by atoms with Crippen molar-refractivity contribution in [3.05, 3.63) is 57.6 Å². The third-order valence-electron chi connectivity index (χ3n) is 4.89. The predicted molar refractivity (Wildman–Crippen MR) is 102 cm³/mol. The second kappa shape index (κ2) is 6.32. The number of hydrogen-bond acceptors (Lipinski definition) is 3. The number of carbonyl (C=O) groups is 1. The lowest BCUT2D eigenvalue weighted by Crippen LogP contribution is -2.13. The number of fused-ring (bicyclic) bond motifs is 3. The van der Waals surface area contributed by atoms with Gasteiger partial charge < -0.3 is 9.73 Å². The van der Waals surface area contributed by atoms with Gasteiger partial charge in [0.2, 0.25) is 0 Å². The number of amides is 1. The molecule has 1 amide bonds. The number of anilines is 1. The Morgan fingerprint density at radius 2 is 2.15 bits per heavy atom. The van der Waals surface area contributed by atoms with Gasteiger partial charge in [0.15, 0.2) is 5.76 Å². The summed E-state index contributed by atoms with van der Waals surface area (Å²) in [6, 6.07) is 5.42. The highest BCUT2D eigenvalue weighted by molar-refractivity contribution is 6.31. The van der Waals surface area contributed by atoms with Gasteiger partial charge in [0.1, 0.15) is 5.76 Å². The van der Waals surface area contributed by atoms with Crippen LogP contribution < -0.4 is 5.32 Å². The Labute approximate surface area is 157 Å². The van der Waals surface area contributed by atoms with Crippen molar-refractivity contribution in [1.29, 1.82) is 0 Å². The highest BCUT2D eigenvalue weighted by Crippen LogP contribution is 2.38. The molecule has 0 atom stereocenters. The van der Waals surface area contributed by atoms with Crippen molar-refractivity contribution in [2.75, 3.05) is 5.32 Å². The van der Waals surface area contributed by atoms with Crippen LogP contribution in [-0.4, -0.2) is 15.7 Å². The number of halogens is 1. The summed E-state index contributed by atoms with van der Waals surface area (Å²) in [5, 5.41) is 8.16. The summed E-state index contributed by atoms with van der Waals surface area (Å²) < 4.78 is 7.88. The van der Waals surface area contributed by atoms with E-state index < -0.39 is 0 Å². The molecule has 0 fully saturated rings. The van der Waals surface area contributed by atoms with Gasteiger partial charge >= 0.3 is 0 Å². The van der Waals surface area contributed by atoms with Gasteiger partial charge in [-0.25, -0.2) is 0 Å². The van der Waals surface area contributed by atoms with E-state index in [0.717, 1.165) is 47.5 Å². The van der Waals surface area contributed by atoms with Crippen LogP contribution in [0.1, 0.15) is 39.9 Å². The first-order chi connectivity index (χ1) is 12.5. The van der Waals surface area contributed by atoms with Crippen LogP contribution in [0.4, 0.5) is 5.69 Å². The highest BCUT2D eigenvalue weighted by Gasteiger charge is 2.29. The minimum atomic E-state index is -0.265. The monoisotopic (exact) mass is 369 g/mol. The van der Waals surface area contributed by atoms with Crippen molar-refractivity contribution in [2.45, 2.75) is 40.2 Å². The Balaban J connectivity index is 1.71. The molecule has 4 rings (SSSR count). The number of rotatable bonds is 3. The van der Waals surface area contributed by atoms with Crippen LogP contribution in [-0.2, 0) is 19.4 Å². The lowest BCUT2D eigenvalue weighted by atomic mass is 9.93. The van der Waals surface area contributed by atoms with Crippen molar-refractivity contribution >= 4 is 23.2 Å². The molecule has 5 nitrogen and oxygen atoms in total. The number of aromatic nitrogens is 2. The number of aryl methyl sites for hydroxylation is 4. The van der Waals surface area contributed by atoms with Gasteiger partial charge in [-0.15, -0.1) is 0 Å². The molecule has 0 radical (unpaired) electrons. The number of furan rings is 1. The average Bonchev–Trinajstić information content (AvgIpc) is 3.18. The van der Waals surface area contributed by atoms with Crippen LogP contribution in [0.15, 0.2) is 28.8 Å². The Kier molecular flexibility index (Phi) is 4.11. The number of carbonyl (C=O) groups excluding carboxylic acids is 1. The molecule has 1 N–H and O–H groups in total. The predicted octanol–water partition coefficient (Wildman–Crippen LogP) is 4.78. The van der Waals surface area contributed by atoms with Crippen LogP contribution in [0.2, 0.25) is 5.02 Å². The average molecular weight is 370 g/mol. The summed E-state index contributed by atoms with van der Waals surface area (Å²) >= 11 is 6.05. The zero-order chi connectivity index (χ0) is 18.4. The van der Waals surface area contributed by atoms with E-state index in [1.807, 2.05) is 24.6 Å². The fraction of sp³-hybridized carbons (Fsp3) is 0.300. The van der Waals surface area contributed by atoms with E-state index in [2.05, 4.69) is 23.5 Å². The Bertz CT molecular complexity index is 1020. The van der Waals surface area contributed by atoms with E-state index in [0.29, 0.717) is 16.5 Å². The summed E-state index contributed by atoms with van der Waals surface area (Å²) in [6.45, 7) is 6.73. The summed E-state index contributed by atoms with van der Waals surface area (Å²) in [6.07, 6.45) is 3.74. The molecule has 1 aliphatic carbocycles. The SMILES string of the molecule is CCn1cc2c(n1)-c1c(oc(C(=O)Nc3cc(Cl)ccc3C)c1C)CC2. The smallest absolute Gasteiger partial charge is 0.291 e. The molecule has 1 aliphatic rings. The first kappa shape index (κ1) is 16.9. The normalized spacial score (nSPS) is 12.6. The van der Waals surface area contributed by atoms with Crippen LogP contribution in [0, 0.1) is 13.8 Å². The first-order valence-corrected chi connectivity index (χ1v) is 9.12. The molecule has 0 bridgehead atoms. The van der Waals surface area contributed by atoms with Crippen molar-refractivity contribution in [3.63, 3.8) is 0 Å². The molecule has 0 aliphatic heterocycles. The standard InChI is InChI=1S/C20H20ClN3O2/c1-4-24-10-13-6-8-16-17(18(13)23-24)12(3)19(26-16)20(25)22-15-9-14(21)7-5-11(15)2/h5,7,9-10H,4,6,8H2,1-3H3,(H,22,25). The summed E-state index contributed by atoms with van der Waals surface area (Å²) in [4.78, 5) is 12.8. The van der Waals surface area contributed by atoms with E-state index in [-0.39, 0.29) is 5.91 Å². The number of nitrogens with one attached hydrogen (secondary N) is 1. The fourth-order valence-corrected chi connectivity index (χ4v) is 3.62. The number of hydrogen-bond donors (Lipinski definition) is 1. The Hall–Kier alpha value is -2.53. The molecule has 0 saturated carbocycles. The maximum Gasteiger partial charge on any atom is 0.291 e. The molecule has 0 spiro atoms. The van der Waals surface area contributed by atoms with Gasteiger partial charge in [-0.1, -0.05) is 17.7 Å². The van der Waals surface area contributed by atoms with E-state index >= 15 is 0 Å². The third-order valence-corrected chi connectivity index (χ3v) is 5.13. The topological polar surface area (TPSA) is 60.1 Å². The molecular weight excluding hydrogens is 350 g/mol. The Morgan fingerprint density at radius 3 is 2.92 bits per heavy atom. The van der Waals surface area contributed by atoms with Crippen molar-refractivity contribution in [1.82, 2.24) is 9.78 Å². The molecule has 0 unspecified atom stereocenters. The van der Waals surface area contributed by atoms with Crippen molar-refractivity contribution < 1.29 is 9.21 Å². The summed E-state index contributed by atoms with van der Waals surface area (Å²) in [7, 11) is 0. The Morgan fingerprint density at radius 1 is 1.35 bits per heavy atom. The fourth-order valence-electron chi connectivity index (χ4n) is 3.45. The van der Waals surface area contributed by atoms with Gasteiger partial charge in [0.25, 0.3) is 5.91 Å². The second-order valence-electron chi connectivity index (χ2n) is 6.63. The molecule has 6 heteroatoms. The van der Waals surface area contributed by atoms with Gasteiger partial charge in [-0.05, 0) is 50.5 Å². The molecule has 2 heterocycles. The van der Waals surface area contributed by atoms with Gasteiger partial charge in [0, 0.05) is 41.0 Å². The molecule has 2 aromatic heterocycles. The van der Waals surface area contributed by atoms with Crippen LogP contribution in [0.5, 0.6) is 0 Å². The minimum absolute atomic E-state index is 0.265. The van der Waals surface area contributed by atoms with Crippen LogP contribution >= 0.6 is 11.6 Å². The van der Waals surface area contributed by atoms with Crippen molar-refractivity contribution in [3.8, 4) is 11.3 Å². The lowest BCUT2D eigenvalue weighted by molar-refractivity contribution is 0.0994. The lowest BCUT2D eigenvalue weighted by Gasteiger charge is -2.09. The number of nitrogens with zero attached hydrogens (tertiary/aromatic N) is 2. The quantitative estimate of drug-likeness (QED) is 0.722. The van der Waals surface area contributed by atoms with E-state index in [9.17, 15) is 4.79 Å². The molecule has 26 heavy (non-hydrogen) atoms. The van der Waals surface area contributed by atoms with E-state index in [1.165, 1.54) is 5.56 Å². The first-order valence-electron chi connectivity index (χ1n) is 8.74. The maximum atomic E-state index is 12.8. The van der Waals surface area contributed by atoms with Crippen LogP contribution in [0.3, 0.4) is 0 Å². The molecular formula is C20H20ClN3O2. The molecule has 134 valence electrons. The van der Waals surface area contributed by atoms with E-state index in [4.69, 9.17) is 16.0 Å². The zero-order valence-electron chi connectivity index (χ0n) is 15.0. The largest absolute Gasteiger partial charge is 0.455 e. The molecule has 1 aromatic carbocycles. The molecule has 0 saturated heterocycles. The zero-order valence-corrected chi connectivity index (χ0v) is 15.8. The highest BCUT2D eigenvalue weighted by atomic mass is 35.5. The maximum absolute atomic E-state index is 12.8. The molecule has 3 aromatic rings. The minimum Gasteiger partial charge on any atom is -0.455 e. The summed E-state index contributed by atoms with van der Waals surface area (Å²) in [5.74, 6) is 0.913. The summed E-state index contributed by atoms with van der Waals surface area (Å²) in [5.41, 5.74) is 5.58. The number of benzene rings is 1. The van der Waals surface area contributed by atoms with E-state index in [1.54, 1.807) is 12.1 Å². The second-order valence-corrected chi connectivity index (χ2v) is 7.06. The van der Waals surface area contributed by atoms with Gasteiger partial charge in [0.05, 0.1) is 5.69 Å². The van der Waals surface area contributed by atoms with Gasteiger partial charge in [-0.2, -0.15) is 5.10 Å².